The zero-order valence-electron chi connectivity index (χ0n) is 13.0. The molecule has 20 heavy (non-hydrogen) atoms. The number of amides is 2. The van der Waals surface area contributed by atoms with Gasteiger partial charge in [-0.3, -0.25) is 9.59 Å². The molecule has 0 aromatic heterocycles. The van der Waals surface area contributed by atoms with E-state index in [9.17, 15) is 9.59 Å². The molecule has 0 aliphatic carbocycles. The second-order valence-corrected chi connectivity index (χ2v) is 5.13. The Balaban J connectivity index is 2.99. The van der Waals surface area contributed by atoms with Crippen LogP contribution in [0.2, 0.25) is 0 Å². The predicted molar refractivity (Wildman–Crippen MR) is 81.8 cm³/mol. The van der Waals surface area contributed by atoms with Gasteiger partial charge in [-0.1, -0.05) is 32.0 Å². The minimum atomic E-state index is -0.565. The minimum Gasteiger partial charge on any atom is -0.335 e. The minimum absolute atomic E-state index is 0.286. The monoisotopic (exact) mass is 276 g/mol. The number of hydrogen-bond acceptors (Lipinski definition) is 2. The van der Waals surface area contributed by atoms with Gasteiger partial charge in [0.05, 0.1) is 0 Å². The standard InChI is InChI=1S/C16H24N2O2/c1-6-18(7-2)16(20)15(19)17-14-12(5)9-8-10-13(14)11(3)4/h8-11H,6-7H2,1-5H3,(H,17,19). The second-order valence-electron chi connectivity index (χ2n) is 5.13. The molecule has 4 nitrogen and oxygen atoms in total. The van der Waals surface area contributed by atoms with Crippen molar-refractivity contribution in [2.24, 2.45) is 0 Å². The molecular weight excluding hydrogens is 252 g/mol. The van der Waals surface area contributed by atoms with Gasteiger partial charge in [-0.15, -0.1) is 0 Å². The molecular formula is C16H24N2O2. The molecule has 0 spiro atoms. The fraction of sp³-hybridized carbons (Fsp3) is 0.500. The molecule has 1 aromatic rings. The first kappa shape index (κ1) is 16.2. The zero-order valence-corrected chi connectivity index (χ0v) is 13.0. The first-order valence-electron chi connectivity index (χ1n) is 7.12. The Kier molecular flexibility index (Phi) is 5.74. The molecule has 2 amide bonds. The van der Waals surface area contributed by atoms with Crippen LogP contribution >= 0.6 is 0 Å². The number of para-hydroxylation sites is 1. The van der Waals surface area contributed by atoms with E-state index in [1.807, 2.05) is 39.0 Å². The Morgan fingerprint density at radius 2 is 1.80 bits per heavy atom. The third kappa shape index (κ3) is 3.59. The van der Waals surface area contributed by atoms with Crippen molar-refractivity contribution >= 4 is 17.5 Å². The summed E-state index contributed by atoms with van der Waals surface area (Å²) in [4.78, 5) is 25.6. The van der Waals surface area contributed by atoms with Gasteiger partial charge in [0.15, 0.2) is 0 Å². The lowest BCUT2D eigenvalue weighted by Gasteiger charge is -2.20. The number of nitrogens with zero attached hydrogens (tertiary/aromatic N) is 1. The lowest BCUT2D eigenvalue weighted by molar-refractivity contribution is -0.142. The molecule has 0 unspecified atom stereocenters. The summed E-state index contributed by atoms with van der Waals surface area (Å²) in [5, 5.41) is 2.78. The highest BCUT2D eigenvalue weighted by Crippen LogP contribution is 2.27. The van der Waals surface area contributed by atoms with Crippen molar-refractivity contribution in [3.63, 3.8) is 0 Å². The lowest BCUT2D eigenvalue weighted by Crippen LogP contribution is -2.39. The highest BCUT2D eigenvalue weighted by atomic mass is 16.2. The van der Waals surface area contributed by atoms with Gasteiger partial charge in [0, 0.05) is 18.8 Å². The maximum atomic E-state index is 12.1. The summed E-state index contributed by atoms with van der Waals surface area (Å²) in [6, 6.07) is 5.88. The Hall–Kier alpha value is -1.84. The van der Waals surface area contributed by atoms with Crippen LogP contribution in [0.5, 0.6) is 0 Å². The van der Waals surface area contributed by atoms with Crippen molar-refractivity contribution in [1.29, 1.82) is 0 Å². The van der Waals surface area contributed by atoms with Gasteiger partial charge < -0.3 is 10.2 Å². The van der Waals surface area contributed by atoms with E-state index in [1.54, 1.807) is 0 Å². The molecule has 110 valence electrons. The average molecular weight is 276 g/mol. The van der Waals surface area contributed by atoms with E-state index in [4.69, 9.17) is 0 Å². The third-order valence-corrected chi connectivity index (χ3v) is 3.41. The Morgan fingerprint density at radius 1 is 1.20 bits per heavy atom. The van der Waals surface area contributed by atoms with Gasteiger partial charge in [-0.2, -0.15) is 0 Å². The van der Waals surface area contributed by atoms with Crippen molar-refractivity contribution in [3.05, 3.63) is 29.3 Å². The topological polar surface area (TPSA) is 49.4 Å². The second kappa shape index (κ2) is 7.08. The molecule has 0 aliphatic rings. The van der Waals surface area contributed by atoms with E-state index >= 15 is 0 Å². The van der Waals surface area contributed by atoms with Crippen molar-refractivity contribution in [1.82, 2.24) is 4.90 Å². The fourth-order valence-electron chi connectivity index (χ4n) is 2.16. The molecule has 0 bridgehead atoms. The highest BCUT2D eigenvalue weighted by Gasteiger charge is 2.21. The first-order valence-corrected chi connectivity index (χ1v) is 7.12. The van der Waals surface area contributed by atoms with Gasteiger partial charge in [-0.25, -0.2) is 0 Å². The summed E-state index contributed by atoms with van der Waals surface area (Å²) < 4.78 is 0. The molecule has 0 radical (unpaired) electrons. The summed E-state index contributed by atoms with van der Waals surface area (Å²) in [6.45, 7) is 10.9. The van der Waals surface area contributed by atoms with Crippen LogP contribution < -0.4 is 5.32 Å². The number of anilines is 1. The quantitative estimate of drug-likeness (QED) is 0.860. The Morgan fingerprint density at radius 3 is 2.30 bits per heavy atom. The van der Waals surface area contributed by atoms with E-state index in [-0.39, 0.29) is 5.92 Å². The van der Waals surface area contributed by atoms with Crippen LogP contribution in [-0.2, 0) is 9.59 Å². The summed E-state index contributed by atoms with van der Waals surface area (Å²) in [6.07, 6.45) is 0. The number of aryl methyl sites for hydroxylation is 1. The molecule has 1 rings (SSSR count). The van der Waals surface area contributed by atoms with E-state index in [0.29, 0.717) is 13.1 Å². The third-order valence-electron chi connectivity index (χ3n) is 3.41. The molecule has 0 heterocycles. The SMILES string of the molecule is CCN(CC)C(=O)C(=O)Nc1c(C)cccc1C(C)C. The van der Waals surface area contributed by atoms with Crippen LogP contribution in [0.1, 0.15) is 44.7 Å². The van der Waals surface area contributed by atoms with Crippen molar-refractivity contribution in [2.45, 2.75) is 40.5 Å². The predicted octanol–water partition coefficient (Wildman–Crippen LogP) is 2.93. The van der Waals surface area contributed by atoms with Crippen LogP contribution in [0.4, 0.5) is 5.69 Å². The van der Waals surface area contributed by atoms with Crippen molar-refractivity contribution < 1.29 is 9.59 Å². The number of carbonyl (C=O) groups excluding carboxylic acids is 2. The van der Waals surface area contributed by atoms with Gasteiger partial charge in [0.2, 0.25) is 0 Å². The van der Waals surface area contributed by atoms with Gasteiger partial charge in [0.1, 0.15) is 0 Å². The maximum Gasteiger partial charge on any atom is 0.313 e. The lowest BCUT2D eigenvalue weighted by atomic mass is 9.98. The smallest absolute Gasteiger partial charge is 0.313 e. The highest BCUT2D eigenvalue weighted by molar-refractivity contribution is 6.39. The molecule has 1 N–H and O–H groups in total. The van der Waals surface area contributed by atoms with Gasteiger partial charge in [0.25, 0.3) is 0 Å². The van der Waals surface area contributed by atoms with Crippen LogP contribution in [0.25, 0.3) is 0 Å². The largest absolute Gasteiger partial charge is 0.335 e. The molecule has 0 aliphatic heterocycles. The van der Waals surface area contributed by atoms with E-state index in [1.165, 1.54) is 4.90 Å². The summed E-state index contributed by atoms with van der Waals surface area (Å²) in [7, 11) is 0. The van der Waals surface area contributed by atoms with Crippen molar-refractivity contribution in [2.75, 3.05) is 18.4 Å². The average Bonchev–Trinajstić information content (AvgIpc) is 2.41. The fourth-order valence-corrected chi connectivity index (χ4v) is 2.16. The summed E-state index contributed by atoms with van der Waals surface area (Å²) >= 11 is 0. The molecule has 0 atom stereocenters. The summed E-state index contributed by atoms with van der Waals surface area (Å²) in [5.41, 5.74) is 2.77. The number of likely N-dealkylation sites (N-methyl/N-ethyl adjacent to an activating group) is 1. The van der Waals surface area contributed by atoms with Crippen molar-refractivity contribution in [3.8, 4) is 0 Å². The number of rotatable bonds is 4. The molecule has 1 aromatic carbocycles. The number of benzene rings is 1. The van der Waals surface area contributed by atoms with Gasteiger partial charge >= 0.3 is 11.8 Å². The normalized spacial score (nSPS) is 10.5. The van der Waals surface area contributed by atoms with Gasteiger partial charge in [-0.05, 0) is 37.8 Å². The molecule has 4 heteroatoms. The summed E-state index contributed by atoms with van der Waals surface area (Å²) in [5.74, 6) is -0.758. The maximum absolute atomic E-state index is 12.1. The van der Waals surface area contributed by atoms with E-state index in [0.717, 1.165) is 16.8 Å². The number of nitrogens with one attached hydrogen (secondary N) is 1. The Labute approximate surface area is 121 Å². The Bertz CT molecular complexity index is 491. The first-order chi connectivity index (χ1) is 9.42. The van der Waals surface area contributed by atoms with Crippen LogP contribution in [0.3, 0.4) is 0 Å². The van der Waals surface area contributed by atoms with Crippen LogP contribution in [0.15, 0.2) is 18.2 Å². The van der Waals surface area contributed by atoms with Crippen LogP contribution in [-0.4, -0.2) is 29.8 Å². The molecule has 0 saturated carbocycles. The van der Waals surface area contributed by atoms with E-state index in [2.05, 4.69) is 19.2 Å². The molecule has 0 fully saturated rings. The number of hydrogen-bond donors (Lipinski definition) is 1. The zero-order chi connectivity index (χ0) is 15.3. The molecule has 0 saturated heterocycles. The van der Waals surface area contributed by atoms with E-state index < -0.39 is 11.8 Å². The van der Waals surface area contributed by atoms with Crippen LogP contribution in [0, 0.1) is 6.92 Å². The number of carbonyl (C=O) groups is 2.